The van der Waals surface area contributed by atoms with Crippen molar-refractivity contribution < 1.29 is 34.1 Å². The van der Waals surface area contributed by atoms with Gasteiger partial charge in [0.15, 0.2) is 0 Å². The molecule has 55 heavy (non-hydrogen) atoms. The SMILES string of the molecule is [2H]C([2H])([2H])c1cc(-c2[c-]ccc3c2oc2nc(-c4c(C([2H])(C)C)ccc(-c5ccccc5)c4C([2H])(C)C)ccc23)ncc1C([2H])([2H])C(C)C.[Ir].[c-]1ccccc1-c1ccccn1. The maximum Gasteiger partial charge on any atom is 0.216 e. The van der Waals surface area contributed by atoms with E-state index in [0.29, 0.717) is 28.2 Å². The Morgan fingerprint density at radius 2 is 1.55 bits per heavy atom. The minimum atomic E-state index is -2.57. The minimum Gasteiger partial charge on any atom is -0.486 e. The van der Waals surface area contributed by atoms with E-state index < -0.39 is 30.9 Å². The van der Waals surface area contributed by atoms with Crippen molar-refractivity contribution in [2.75, 3.05) is 0 Å². The Morgan fingerprint density at radius 3 is 2.24 bits per heavy atom. The molecule has 0 bridgehead atoms. The van der Waals surface area contributed by atoms with Crippen LogP contribution in [0.15, 0.2) is 132 Å². The fourth-order valence-corrected chi connectivity index (χ4v) is 6.71. The summed E-state index contributed by atoms with van der Waals surface area (Å²) >= 11 is 0. The number of rotatable bonds is 8. The Balaban J connectivity index is 0.000000422. The van der Waals surface area contributed by atoms with Crippen molar-refractivity contribution in [3.8, 4) is 44.9 Å². The molecule has 0 fully saturated rings. The first kappa shape index (κ1) is 31.0. The summed E-state index contributed by atoms with van der Waals surface area (Å²) in [6, 6.07) is 42.7. The summed E-state index contributed by atoms with van der Waals surface area (Å²) in [5.41, 5.74) is 8.09. The molecule has 0 saturated heterocycles. The first-order valence-electron chi connectivity index (χ1n) is 21.6. The molecule has 1 radical (unpaired) electrons. The molecule has 4 heterocycles. The van der Waals surface area contributed by atoms with Crippen LogP contribution in [-0.2, 0) is 26.5 Å². The summed E-state index contributed by atoms with van der Waals surface area (Å²) in [6.07, 6.45) is 1.20. The molecule has 0 spiro atoms. The van der Waals surface area contributed by atoms with Crippen molar-refractivity contribution in [1.29, 1.82) is 0 Å². The topological polar surface area (TPSA) is 51.8 Å². The van der Waals surface area contributed by atoms with Crippen LogP contribution in [0.4, 0.5) is 0 Å². The van der Waals surface area contributed by atoms with Crippen LogP contribution in [0.25, 0.3) is 67.0 Å². The molecule has 4 nitrogen and oxygen atoms in total. The zero-order valence-corrected chi connectivity index (χ0v) is 34.2. The molecule has 8 rings (SSSR count). The standard InChI is InChI=1S/C39H39N2O.C11H8N.Ir/c1-23(2)20-28-22-40-35(21-26(28)7)33-15-11-14-31-32-18-19-34(41-39(32)42-38(31)33)37-29(24(3)4)16-17-30(36(37)25(5)6)27-12-9-8-10-13-27;1-2-6-10(7-3-1)11-8-4-5-9-12-11;/h8-14,16-19,21-25H,20H2,1-7H3;1-6,8-9H;/q2*-1;/i7D3,20D2,24D,25D;;. The van der Waals surface area contributed by atoms with Crippen molar-refractivity contribution in [2.24, 2.45) is 5.92 Å². The van der Waals surface area contributed by atoms with Crippen LogP contribution >= 0.6 is 0 Å². The Morgan fingerprint density at radius 1 is 0.745 bits per heavy atom. The molecule has 4 aromatic carbocycles. The third-order valence-corrected chi connectivity index (χ3v) is 9.14. The van der Waals surface area contributed by atoms with Crippen molar-refractivity contribution >= 4 is 22.1 Å². The van der Waals surface area contributed by atoms with Gasteiger partial charge in [-0.25, -0.2) is 4.98 Å². The number of aromatic nitrogens is 3. The second-order valence-corrected chi connectivity index (χ2v) is 13.9. The van der Waals surface area contributed by atoms with E-state index in [1.54, 1.807) is 26.1 Å². The summed E-state index contributed by atoms with van der Waals surface area (Å²) in [7, 11) is 0. The summed E-state index contributed by atoms with van der Waals surface area (Å²) in [5.74, 6) is -2.51. The van der Waals surface area contributed by atoms with Crippen LogP contribution in [-0.4, -0.2) is 15.0 Å². The van der Waals surface area contributed by atoms with Crippen molar-refractivity contribution in [3.05, 3.63) is 162 Å². The number of furan rings is 1. The Labute approximate surface area is 349 Å². The third kappa shape index (κ3) is 8.54. The van der Waals surface area contributed by atoms with Crippen molar-refractivity contribution in [2.45, 2.75) is 66.6 Å². The van der Waals surface area contributed by atoms with Crippen LogP contribution in [0.1, 0.15) is 85.2 Å². The number of nitrogens with zero attached hydrogens (tertiary/aromatic N) is 3. The molecule has 0 unspecified atom stereocenters. The van der Waals surface area contributed by atoms with Gasteiger partial charge in [-0.2, -0.15) is 0 Å². The molecule has 0 N–H and O–H groups in total. The quantitative estimate of drug-likeness (QED) is 0.143. The van der Waals surface area contributed by atoms with Crippen LogP contribution in [0.3, 0.4) is 0 Å². The predicted molar refractivity (Wildman–Crippen MR) is 224 cm³/mol. The van der Waals surface area contributed by atoms with Crippen LogP contribution < -0.4 is 0 Å². The zero-order valence-electron chi connectivity index (χ0n) is 38.8. The van der Waals surface area contributed by atoms with Gasteiger partial charge in [-0.15, -0.1) is 54.1 Å². The summed E-state index contributed by atoms with van der Waals surface area (Å²) in [6.45, 7) is 8.19. The number of hydrogen-bond donors (Lipinski definition) is 0. The Kier molecular flexibility index (Phi) is 9.87. The average molecular weight is 905 g/mol. The fourth-order valence-electron chi connectivity index (χ4n) is 6.71. The van der Waals surface area contributed by atoms with Gasteiger partial charge in [-0.1, -0.05) is 119 Å². The van der Waals surface area contributed by atoms with E-state index in [0.717, 1.165) is 49.8 Å². The third-order valence-electron chi connectivity index (χ3n) is 9.14. The first-order chi connectivity index (χ1) is 28.8. The van der Waals surface area contributed by atoms with E-state index in [1.807, 2.05) is 131 Å². The number of fused-ring (bicyclic) bond motifs is 3. The average Bonchev–Trinajstić information content (AvgIpc) is 3.61. The summed E-state index contributed by atoms with van der Waals surface area (Å²) < 4.78 is 66.6. The maximum absolute atomic E-state index is 9.28. The van der Waals surface area contributed by atoms with Gasteiger partial charge in [0.25, 0.3) is 0 Å². The van der Waals surface area contributed by atoms with E-state index in [9.17, 15) is 1.37 Å². The van der Waals surface area contributed by atoms with E-state index in [4.69, 9.17) is 17.6 Å². The molecule has 0 amide bonds. The molecular weight excluding hydrogens is 851 g/mol. The molecule has 0 aliphatic heterocycles. The molecule has 4 aromatic heterocycles. The Hall–Kier alpha value is -5.22. The van der Waals surface area contributed by atoms with E-state index in [2.05, 4.69) is 22.1 Å². The maximum atomic E-state index is 9.28. The first-order valence-corrected chi connectivity index (χ1v) is 18.1. The van der Waals surface area contributed by atoms with Gasteiger partial charge in [0.2, 0.25) is 5.71 Å². The molecule has 279 valence electrons. The van der Waals surface area contributed by atoms with Crippen LogP contribution in [0.5, 0.6) is 0 Å². The van der Waals surface area contributed by atoms with E-state index in [-0.39, 0.29) is 31.2 Å². The van der Waals surface area contributed by atoms with Gasteiger partial charge in [0.05, 0.1) is 11.3 Å². The second kappa shape index (κ2) is 17.5. The number of benzene rings is 4. The van der Waals surface area contributed by atoms with Gasteiger partial charge < -0.3 is 14.4 Å². The Bertz CT molecular complexity index is 2780. The number of aryl methyl sites for hydroxylation is 1. The normalized spacial score (nSPS) is 14.0. The molecular formula is C50H47IrN3O-2. The molecule has 0 saturated carbocycles. The molecule has 0 aliphatic carbocycles. The molecule has 8 aromatic rings. The van der Waals surface area contributed by atoms with Crippen LogP contribution in [0, 0.1) is 24.9 Å². The molecule has 0 aliphatic rings. The fraction of sp³-hybridized carbons (Fsp3) is 0.220. The molecule has 5 heteroatoms. The zero-order chi connectivity index (χ0) is 43.9. The number of pyridine rings is 3. The summed E-state index contributed by atoms with van der Waals surface area (Å²) in [4.78, 5) is 13.8. The molecule has 0 atom stereocenters. The van der Waals surface area contributed by atoms with Crippen molar-refractivity contribution in [1.82, 2.24) is 15.0 Å². The van der Waals surface area contributed by atoms with E-state index in [1.165, 1.54) is 12.3 Å². The monoisotopic (exact) mass is 905 g/mol. The van der Waals surface area contributed by atoms with Crippen molar-refractivity contribution in [3.63, 3.8) is 0 Å². The smallest absolute Gasteiger partial charge is 0.216 e. The summed E-state index contributed by atoms with van der Waals surface area (Å²) in [5, 5.41) is 1.47. The van der Waals surface area contributed by atoms with E-state index >= 15 is 0 Å². The van der Waals surface area contributed by atoms with Gasteiger partial charge in [-0.3, -0.25) is 0 Å². The van der Waals surface area contributed by atoms with Gasteiger partial charge >= 0.3 is 0 Å². The van der Waals surface area contributed by atoms with Gasteiger partial charge in [-0.05, 0) is 88.3 Å². The largest absolute Gasteiger partial charge is 0.486 e. The van der Waals surface area contributed by atoms with Gasteiger partial charge in [0.1, 0.15) is 0 Å². The minimum absolute atomic E-state index is 0. The predicted octanol–water partition coefficient (Wildman–Crippen LogP) is 13.5. The van der Waals surface area contributed by atoms with Gasteiger partial charge in [0, 0.05) is 53.0 Å². The number of hydrogen-bond acceptors (Lipinski definition) is 4. The second-order valence-electron chi connectivity index (χ2n) is 13.9. The van der Waals surface area contributed by atoms with Crippen LogP contribution in [0.2, 0.25) is 0 Å².